The van der Waals surface area contributed by atoms with Crippen molar-refractivity contribution in [3.05, 3.63) is 42.2 Å². The van der Waals surface area contributed by atoms with Gasteiger partial charge in [-0.2, -0.15) is 0 Å². The van der Waals surface area contributed by atoms with Gasteiger partial charge in [-0.3, -0.25) is 0 Å². The van der Waals surface area contributed by atoms with Crippen molar-refractivity contribution >= 4 is 6.08 Å². The van der Waals surface area contributed by atoms with Crippen LogP contribution in [0.25, 0.3) is 6.08 Å². The van der Waals surface area contributed by atoms with Gasteiger partial charge in [0.05, 0.1) is 13.4 Å². The van der Waals surface area contributed by atoms with Gasteiger partial charge >= 0.3 is 0 Å². The molecular formula is C9H12O2. The molecule has 0 fully saturated rings. The number of methoxy groups -OCH3 is 1. The first-order chi connectivity index (χ1) is 4.93. The summed E-state index contributed by atoms with van der Waals surface area (Å²) in [7, 11) is 1.64. The maximum Gasteiger partial charge on any atom is 0.0830 e. The molecule has 0 aliphatic carbocycles. The highest BCUT2D eigenvalue weighted by Gasteiger charge is 1.79. The van der Waals surface area contributed by atoms with Crippen LogP contribution in [0.5, 0.6) is 0 Å². The van der Waals surface area contributed by atoms with E-state index in [-0.39, 0.29) is 5.48 Å². The van der Waals surface area contributed by atoms with Gasteiger partial charge in [-0.05, 0) is 11.6 Å². The van der Waals surface area contributed by atoms with Crippen LogP contribution in [-0.2, 0) is 4.74 Å². The summed E-state index contributed by atoms with van der Waals surface area (Å²) in [6.07, 6.45) is 3.58. The number of benzene rings is 1. The first-order valence-corrected chi connectivity index (χ1v) is 3.18. The maximum atomic E-state index is 4.77. The zero-order chi connectivity index (χ0) is 7.23. The molecule has 0 aliphatic heterocycles. The van der Waals surface area contributed by atoms with Gasteiger partial charge in [0.15, 0.2) is 0 Å². The molecule has 2 N–H and O–H groups in total. The molecular weight excluding hydrogens is 140 g/mol. The molecule has 0 aliphatic rings. The van der Waals surface area contributed by atoms with E-state index < -0.39 is 0 Å². The third kappa shape index (κ3) is 3.43. The molecule has 0 spiro atoms. The lowest BCUT2D eigenvalue weighted by molar-refractivity contribution is 0.341. The van der Waals surface area contributed by atoms with Gasteiger partial charge in [0, 0.05) is 0 Å². The van der Waals surface area contributed by atoms with Crippen LogP contribution in [0, 0.1) is 0 Å². The number of hydrogen-bond acceptors (Lipinski definition) is 1. The minimum absolute atomic E-state index is 0. The van der Waals surface area contributed by atoms with Gasteiger partial charge in [0.2, 0.25) is 0 Å². The molecule has 11 heavy (non-hydrogen) atoms. The third-order valence-corrected chi connectivity index (χ3v) is 1.20. The van der Waals surface area contributed by atoms with E-state index in [1.54, 1.807) is 13.4 Å². The standard InChI is InChI=1S/C9H10O.H2O/c1-10-8-7-9-5-3-2-4-6-9;/h2-8H,1H3;1H2. The average molecular weight is 152 g/mol. The molecule has 2 heteroatoms. The minimum Gasteiger partial charge on any atom is -0.504 e. The summed E-state index contributed by atoms with van der Waals surface area (Å²) >= 11 is 0. The molecule has 0 radical (unpaired) electrons. The van der Waals surface area contributed by atoms with E-state index in [1.165, 1.54) is 0 Å². The van der Waals surface area contributed by atoms with E-state index >= 15 is 0 Å². The van der Waals surface area contributed by atoms with Crippen LogP contribution in [0.3, 0.4) is 0 Å². The van der Waals surface area contributed by atoms with Gasteiger partial charge in [0.1, 0.15) is 0 Å². The summed E-state index contributed by atoms with van der Waals surface area (Å²) in [5, 5.41) is 0. The van der Waals surface area contributed by atoms with Gasteiger partial charge < -0.3 is 10.2 Å². The van der Waals surface area contributed by atoms with Crippen LogP contribution in [0.1, 0.15) is 5.56 Å². The Hall–Kier alpha value is -1.28. The molecule has 0 heterocycles. The fourth-order valence-electron chi connectivity index (χ4n) is 0.711. The lowest BCUT2D eigenvalue weighted by Gasteiger charge is -1.89. The molecule has 1 aromatic carbocycles. The van der Waals surface area contributed by atoms with Crippen molar-refractivity contribution < 1.29 is 10.2 Å². The van der Waals surface area contributed by atoms with Crippen molar-refractivity contribution in [2.24, 2.45) is 0 Å². The number of rotatable bonds is 2. The second kappa shape index (κ2) is 5.50. The lowest BCUT2D eigenvalue weighted by atomic mass is 10.2. The third-order valence-electron chi connectivity index (χ3n) is 1.20. The molecule has 1 rings (SSSR count). The first kappa shape index (κ1) is 9.72. The fraction of sp³-hybridized carbons (Fsp3) is 0.111. The van der Waals surface area contributed by atoms with Crippen molar-refractivity contribution in [1.29, 1.82) is 0 Å². The van der Waals surface area contributed by atoms with E-state index in [9.17, 15) is 0 Å². The predicted octanol–water partition coefficient (Wildman–Crippen LogP) is 1.48. The van der Waals surface area contributed by atoms with Gasteiger partial charge in [-0.15, -0.1) is 0 Å². The average Bonchev–Trinajstić information content (AvgIpc) is 2.03. The zero-order valence-electron chi connectivity index (χ0n) is 6.45. The second-order valence-electron chi connectivity index (χ2n) is 1.95. The van der Waals surface area contributed by atoms with Crippen molar-refractivity contribution in [3.63, 3.8) is 0 Å². The second-order valence-corrected chi connectivity index (χ2v) is 1.95. The van der Waals surface area contributed by atoms with Crippen molar-refractivity contribution in [1.82, 2.24) is 0 Å². The summed E-state index contributed by atoms with van der Waals surface area (Å²) in [5.41, 5.74) is 1.16. The Bertz CT molecular complexity index is 204. The van der Waals surface area contributed by atoms with Crippen LogP contribution >= 0.6 is 0 Å². The van der Waals surface area contributed by atoms with Gasteiger partial charge in [-0.25, -0.2) is 0 Å². The van der Waals surface area contributed by atoms with Crippen molar-refractivity contribution in [2.45, 2.75) is 0 Å². The van der Waals surface area contributed by atoms with Crippen LogP contribution in [0.15, 0.2) is 36.6 Å². The summed E-state index contributed by atoms with van der Waals surface area (Å²) in [5.74, 6) is 0. The topological polar surface area (TPSA) is 40.7 Å². The Morgan fingerprint density at radius 2 is 1.82 bits per heavy atom. The summed E-state index contributed by atoms with van der Waals surface area (Å²) < 4.78 is 4.77. The number of hydrogen-bond donors (Lipinski definition) is 0. The fourth-order valence-corrected chi connectivity index (χ4v) is 0.711. The summed E-state index contributed by atoms with van der Waals surface area (Å²) in [6, 6.07) is 10.0. The largest absolute Gasteiger partial charge is 0.504 e. The van der Waals surface area contributed by atoms with Crippen molar-refractivity contribution in [3.8, 4) is 0 Å². The smallest absolute Gasteiger partial charge is 0.0830 e. The molecule has 1 aromatic rings. The van der Waals surface area contributed by atoms with E-state index in [0.717, 1.165) is 5.56 Å². The van der Waals surface area contributed by atoms with Crippen LogP contribution in [0.2, 0.25) is 0 Å². The SMILES string of the molecule is COC=Cc1ccccc1.O. The quantitative estimate of drug-likeness (QED) is 0.592. The maximum absolute atomic E-state index is 4.77. The van der Waals surface area contributed by atoms with Crippen LogP contribution in [-0.4, -0.2) is 12.6 Å². The minimum atomic E-state index is 0. The molecule has 0 saturated heterocycles. The van der Waals surface area contributed by atoms with E-state index in [0.29, 0.717) is 0 Å². The Morgan fingerprint density at radius 3 is 2.36 bits per heavy atom. The molecule has 0 unspecified atom stereocenters. The lowest BCUT2D eigenvalue weighted by Crippen LogP contribution is -1.69. The molecule has 0 atom stereocenters. The molecule has 0 bridgehead atoms. The Balaban J connectivity index is 0.000001000. The highest BCUT2D eigenvalue weighted by molar-refractivity contribution is 5.47. The molecule has 60 valence electrons. The highest BCUT2D eigenvalue weighted by atomic mass is 16.5. The van der Waals surface area contributed by atoms with E-state index in [2.05, 4.69) is 0 Å². The summed E-state index contributed by atoms with van der Waals surface area (Å²) in [4.78, 5) is 0. The summed E-state index contributed by atoms with van der Waals surface area (Å²) in [6.45, 7) is 0. The molecule has 0 saturated carbocycles. The highest BCUT2D eigenvalue weighted by Crippen LogP contribution is 1.99. The molecule has 0 aromatic heterocycles. The van der Waals surface area contributed by atoms with E-state index in [1.807, 2.05) is 36.4 Å². The van der Waals surface area contributed by atoms with Gasteiger partial charge in [0.25, 0.3) is 0 Å². The molecule has 0 amide bonds. The van der Waals surface area contributed by atoms with E-state index in [4.69, 9.17) is 4.74 Å². The first-order valence-electron chi connectivity index (χ1n) is 3.18. The molecule has 2 nitrogen and oxygen atoms in total. The Kier molecular flexibility index (Phi) is 4.86. The monoisotopic (exact) mass is 152 g/mol. The number of ether oxygens (including phenoxy) is 1. The van der Waals surface area contributed by atoms with Crippen molar-refractivity contribution in [2.75, 3.05) is 7.11 Å². The zero-order valence-corrected chi connectivity index (χ0v) is 6.45. The Labute approximate surface area is 66.4 Å². The van der Waals surface area contributed by atoms with Crippen LogP contribution in [0.4, 0.5) is 0 Å². The Morgan fingerprint density at radius 1 is 1.18 bits per heavy atom. The normalized spacial score (nSPS) is 9.18. The van der Waals surface area contributed by atoms with Gasteiger partial charge in [-0.1, -0.05) is 30.3 Å². The predicted molar refractivity (Wildman–Crippen MR) is 46.1 cm³/mol. The van der Waals surface area contributed by atoms with Crippen LogP contribution < -0.4 is 0 Å².